The van der Waals surface area contributed by atoms with Gasteiger partial charge in [-0.05, 0) is 49.3 Å². The van der Waals surface area contributed by atoms with Crippen LogP contribution in [0.5, 0.6) is 5.75 Å². The molecule has 0 aliphatic rings. The van der Waals surface area contributed by atoms with Crippen LogP contribution in [0, 0.1) is 11.7 Å². The van der Waals surface area contributed by atoms with Crippen LogP contribution < -0.4 is 4.74 Å². The van der Waals surface area contributed by atoms with Crippen LogP contribution in [-0.2, 0) is 11.2 Å². The number of benzene rings is 1. The van der Waals surface area contributed by atoms with E-state index < -0.39 is 0 Å². The molecule has 0 saturated carbocycles. The van der Waals surface area contributed by atoms with E-state index >= 15 is 0 Å². The normalized spacial score (nSPS) is 12.2. The van der Waals surface area contributed by atoms with Crippen molar-refractivity contribution >= 4 is 5.78 Å². The van der Waals surface area contributed by atoms with Gasteiger partial charge in [-0.2, -0.15) is 0 Å². The van der Waals surface area contributed by atoms with E-state index in [1.54, 1.807) is 6.07 Å². The van der Waals surface area contributed by atoms with Gasteiger partial charge < -0.3 is 4.74 Å². The third-order valence-corrected chi connectivity index (χ3v) is 4.39. The second kappa shape index (κ2) is 12.0. The van der Waals surface area contributed by atoms with Crippen LogP contribution >= 0.6 is 0 Å². The maximum atomic E-state index is 13.6. The maximum Gasteiger partial charge on any atom is 0.133 e. The molecular formula is C21H33FO2. The summed E-state index contributed by atoms with van der Waals surface area (Å²) < 4.78 is 19.2. The summed E-state index contributed by atoms with van der Waals surface area (Å²) in [5.41, 5.74) is 0.979. The molecule has 0 saturated heterocycles. The molecule has 0 N–H and O–H groups in total. The highest BCUT2D eigenvalue weighted by atomic mass is 19.1. The summed E-state index contributed by atoms with van der Waals surface area (Å²) in [4.78, 5) is 11.8. The van der Waals surface area contributed by atoms with E-state index in [9.17, 15) is 9.18 Å². The smallest absolute Gasteiger partial charge is 0.133 e. The molecule has 136 valence electrons. The summed E-state index contributed by atoms with van der Waals surface area (Å²) in [7, 11) is 0. The molecule has 0 radical (unpaired) electrons. The molecule has 3 heteroatoms. The highest BCUT2D eigenvalue weighted by Gasteiger charge is 2.07. The molecule has 0 aliphatic carbocycles. The Balaban J connectivity index is 2.28. The average Bonchev–Trinajstić information content (AvgIpc) is 2.54. The molecule has 0 bridgehead atoms. The van der Waals surface area contributed by atoms with Crippen molar-refractivity contribution in [3.05, 3.63) is 29.6 Å². The second-order valence-corrected chi connectivity index (χ2v) is 6.81. The Bertz CT molecular complexity index is 485. The summed E-state index contributed by atoms with van der Waals surface area (Å²) in [6, 6.07) is 4.97. The highest BCUT2D eigenvalue weighted by molar-refractivity contribution is 5.78. The number of ketones is 1. The van der Waals surface area contributed by atoms with Crippen LogP contribution in [0.3, 0.4) is 0 Å². The predicted molar refractivity (Wildman–Crippen MR) is 98.1 cm³/mol. The van der Waals surface area contributed by atoms with Crippen LogP contribution in [0.15, 0.2) is 18.2 Å². The third-order valence-electron chi connectivity index (χ3n) is 4.39. The standard InChI is InChI=1S/C21H33FO2/c1-4-6-12-24-21-15-18(14-19(22)16-21)10-8-7-9-11-20(23)13-17(3)5-2/h14-17H,4-13H2,1-3H3. The molecule has 2 nitrogen and oxygen atoms in total. The molecule has 0 fully saturated rings. The number of Topliss-reactive ketones (excluding diaryl/α,β-unsaturated/α-hetero) is 1. The number of carbonyl (C=O) groups is 1. The Morgan fingerprint density at radius 1 is 1.12 bits per heavy atom. The summed E-state index contributed by atoms with van der Waals surface area (Å²) in [6.07, 6.45) is 8.26. The number of halogens is 1. The van der Waals surface area contributed by atoms with E-state index in [-0.39, 0.29) is 5.82 Å². The lowest BCUT2D eigenvalue weighted by Crippen LogP contribution is -2.04. The molecule has 1 unspecified atom stereocenters. The van der Waals surface area contributed by atoms with Gasteiger partial charge in [-0.1, -0.05) is 40.0 Å². The van der Waals surface area contributed by atoms with Gasteiger partial charge in [0.25, 0.3) is 0 Å². The number of unbranched alkanes of at least 4 members (excludes halogenated alkanes) is 3. The molecule has 24 heavy (non-hydrogen) atoms. The van der Waals surface area contributed by atoms with E-state index in [1.807, 2.05) is 6.07 Å². The summed E-state index contributed by atoms with van der Waals surface area (Å²) in [5, 5.41) is 0. The van der Waals surface area contributed by atoms with Gasteiger partial charge in [0.1, 0.15) is 17.3 Å². The van der Waals surface area contributed by atoms with Crippen molar-refractivity contribution in [2.24, 2.45) is 5.92 Å². The number of hydrogen-bond donors (Lipinski definition) is 0. The van der Waals surface area contributed by atoms with Crippen molar-refractivity contribution in [2.45, 2.75) is 78.6 Å². The largest absolute Gasteiger partial charge is 0.493 e. The van der Waals surface area contributed by atoms with E-state index in [0.29, 0.717) is 36.9 Å². The number of aryl methyl sites for hydroxylation is 1. The van der Waals surface area contributed by atoms with Crippen LogP contribution in [0.2, 0.25) is 0 Å². The SMILES string of the molecule is CCCCOc1cc(F)cc(CCCCCC(=O)CC(C)CC)c1. The second-order valence-electron chi connectivity index (χ2n) is 6.81. The number of rotatable bonds is 13. The zero-order valence-corrected chi connectivity index (χ0v) is 15.6. The van der Waals surface area contributed by atoms with Crippen molar-refractivity contribution in [3.8, 4) is 5.75 Å². The highest BCUT2D eigenvalue weighted by Crippen LogP contribution is 2.19. The Labute approximate surface area is 146 Å². The first-order valence-corrected chi connectivity index (χ1v) is 9.49. The minimum Gasteiger partial charge on any atom is -0.493 e. The van der Waals surface area contributed by atoms with Gasteiger partial charge in [0.15, 0.2) is 0 Å². The molecule has 0 aliphatic heterocycles. The van der Waals surface area contributed by atoms with Crippen molar-refractivity contribution in [3.63, 3.8) is 0 Å². The van der Waals surface area contributed by atoms with Gasteiger partial charge in [0.05, 0.1) is 6.61 Å². The van der Waals surface area contributed by atoms with Gasteiger partial charge in [-0.15, -0.1) is 0 Å². The zero-order valence-electron chi connectivity index (χ0n) is 15.6. The van der Waals surface area contributed by atoms with Crippen LogP contribution in [0.4, 0.5) is 4.39 Å². The minimum atomic E-state index is -0.234. The molecule has 1 atom stereocenters. The minimum absolute atomic E-state index is 0.234. The first-order valence-electron chi connectivity index (χ1n) is 9.49. The summed E-state index contributed by atoms with van der Waals surface area (Å²) in [5.74, 6) is 1.27. The van der Waals surface area contributed by atoms with E-state index in [2.05, 4.69) is 20.8 Å². The number of ether oxygens (including phenoxy) is 1. The van der Waals surface area contributed by atoms with Gasteiger partial charge in [0.2, 0.25) is 0 Å². The van der Waals surface area contributed by atoms with Gasteiger partial charge in [-0.25, -0.2) is 4.39 Å². The molecule has 0 amide bonds. The van der Waals surface area contributed by atoms with E-state index in [1.165, 1.54) is 6.07 Å². The quantitative estimate of drug-likeness (QED) is 0.406. The lowest BCUT2D eigenvalue weighted by molar-refractivity contribution is -0.120. The average molecular weight is 336 g/mol. The molecule has 1 aromatic carbocycles. The zero-order chi connectivity index (χ0) is 17.8. The lowest BCUT2D eigenvalue weighted by atomic mass is 9.98. The Hall–Kier alpha value is -1.38. The Morgan fingerprint density at radius 2 is 1.92 bits per heavy atom. The van der Waals surface area contributed by atoms with Crippen LogP contribution in [-0.4, -0.2) is 12.4 Å². The number of hydrogen-bond acceptors (Lipinski definition) is 2. The van der Waals surface area contributed by atoms with Crippen LogP contribution in [0.25, 0.3) is 0 Å². The van der Waals surface area contributed by atoms with Gasteiger partial charge in [-0.3, -0.25) is 4.79 Å². The Kier molecular flexibility index (Phi) is 10.4. The summed E-state index contributed by atoms with van der Waals surface area (Å²) in [6.45, 7) is 6.99. The lowest BCUT2D eigenvalue weighted by Gasteiger charge is -2.09. The molecular weight excluding hydrogens is 303 g/mol. The van der Waals surface area contributed by atoms with Crippen LogP contribution in [0.1, 0.15) is 77.7 Å². The van der Waals surface area contributed by atoms with E-state index in [4.69, 9.17) is 4.74 Å². The Morgan fingerprint density at radius 3 is 2.62 bits per heavy atom. The van der Waals surface area contributed by atoms with Crippen molar-refractivity contribution in [1.29, 1.82) is 0 Å². The molecule has 0 aromatic heterocycles. The van der Waals surface area contributed by atoms with Gasteiger partial charge in [0, 0.05) is 18.9 Å². The first kappa shape index (κ1) is 20.7. The fraction of sp³-hybridized carbons (Fsp3) is 0.667. The number of carbonyl (C=O) groups excluding carboxylic acids is 1. The topological polar surface area (TPSA) is 26.3 Å². The fourth-order valence-corrected chi connectivity index (χ4v) is 2.65. The van der Waals surface area contributed by atoms with Gasteiger partial charge >= 0.3 is 0 Å². The summed E-state index contributed by atoms with van der Waals surface area (Å²) >= 11 is 0. The first-order chi connectivity index (χ1) is 11.5. The third kappa shape index (κ3) is 9.05. The van der Waals surface area contributed by atoms with Crippen molar-refractivity contribution in [1.82, 2.24) is 0 Å². The molecule has 1 rings (SSSR count). The van der Waals surface area contributed by atoms with E-state index in [0.717, 1.165) is 50.5 Å². The van der Waals surface area contributed by atoms with Crippen molar-refractivity contribution in [2.75, 3.05) is 6.61 Å². The maximum absolute atomic E-state index is 13.6. The molecule has 0 spiro atoms. The molecule has 1 aromatic rings. The predicted octanol–water partition coefficient (Wildman–Crippen LogP) is 6.11. The monoisotopic (exact) mass is 336 g/mol. The van der Waals surface area contributed by atoms with Crippen molar-refractivity contribution < 1.29 is 13.9 Å². The molecule has 0 heterocycles. The fourth-order valence-electron chi connectivity index (χ4n) is 2.65.